The number of fused-ring (bicyclic) bond motifs is 5. The van der Waals surface area contributed by atoms with Crippen molar-refractivity contribution in [3.63, 3.8) is 0 Å². The Labute approximate surface area is 284 Å². The Hall–Kier alpha value is -6.52. The minimum atomic E-state index is -0.491. The molecule has 0 spiro atoms. The Morgan fingerprint density at radius 1 is 0.327 bits per heavy atom. The zero-order chi connectivity index (χ0) is 33.5. The maximum Gasteiger partial charge on any atom is 0.124 e. The van der Waals surface area contributed by atoms with Crippen molar-refractivity contribution in [2.24, 2.45) is 0 Å². The van der Waals surface area contributed by atoms with E-state index in [0.717, 1.165) is 32.7 Å². The second kappa shape index (κ2) is 11.9. The number of hydrogen-bond acceptors (Lipinski definition) is 4. The SMILES string of the molecule is Oc1ccc(C2(c3ccc(O)cc3)c3ccccc3-c3ccccc32)cc1.Oc1ccc2ccccc2c1-c1c(O)ccc2ccccc12. The van der Waals surface area contributed by atoms with Crippen molar-refractivity contribution >= 4 is 21.5 Å². The molecule has 4 nitrogen and oxygen atoms in total. The summed E-state index contributed by atoms with van der Waals surface area (Å²) in [5, 5.41) is 44.5. The molecule has 0 saturated carbocycles. The van der Waals surface area contributed by atoms with Crippen LogP contribution >= 0.6 is 0 Å². The molecule has 4 N–H and O–H groups in total. The van der Waals surface area contributed by atoms with Crippen LogP contribution in [0.2, 0.25) is 0 Å². The molecule has 0 unspecified atom stereocenters. The highest BCUT2D eigenvalue weighted by Gasteiger charge is 2.45. The quantitative estimate of drug-likeness (QED) is 0.156. The van der Waals surface area contributed by atoms with Gasteiger partial charge in [-0.15, -0.1) is 0 Å². The Morgan fingerprint density at radius 2 is 0.694 bits per heavy atom. The lowest BCUT2D eigenvalue weighted by Crippen LogP contribution is -2.28. The zero-order valence-corrected chi connectivity index (χ0v) is 26.5. The van der Waals surface area contributed by atoms with E-state index in [0.29, 0.717) is 11.1 Å². The van der Waals surface area contributed by atoms with Crippen molar-refractivity contribution in [2.75, 3.05) is 0 Å². The Balaban J connectivity index is 0.000000145. The van der Waals surface area contributed by atoms with Gasteiger partial charge in [0.05, 0.1) is 5.41 Å². The highest BCUT2D eigenvalue weighted by atomic mass is 16.3. The minimum Gasteiger partial charge on any atom is -0.508 e. The van der Waals surface area contributed by atoms with Gasteiger partial charge >= 0.3 is 0 Å². The van der Waals surface area contributed by atoms with E-state index in [-0.39, 0.29) is 23.0 Å². The largest absolute Gasteiger partial charge is 0.508 e. The molecule has 9 rings (SSSR count). The summed E-state index contributed by atoms with van der Waals surface area (Å²) in [7, 11) is 0. The number of benzene rings is 8. The Morgan fingerprint density at radius 3 is 1.12 bits per heavy atom. The molecule has 0 atom stereocenters. The second-order valence-electron chi connectivity index (χ2n) is 12.3. The van der Waals surface area contributed by atoms with E-state index in [2.05, 4.69) is 48.5 Å². The van der Waals surface area contributed by atoms with Gasteiger partial charge in [0.15, 0.2) is 0 Å². The average molecular weight is 637 g/mol. The number of phenolic OH excluding ortho intramolecular Hbond substituents is 4. The van der Waals surface area contributed by atoms with Crippen molar-refractivity contribution in [2.45, 2.75) is 5.41 Å². The summed E-state index contributed by atoms with van der Waals surface area (Å²) in [6.07, 6.45) is 0. The third-order valence-electron chi connectivity index (χ3n) is 9.62. The molecule has 49 heavy (non-hydrogen) atoms. The summed E-state index contributed by atoms with van der Waals surface area (Å²) in [6, 6.07) is 54.7. The second-order valence-corrected chi connectivity index (χ2v) is 12.3. The van der Waals surface area contributed by atoms with Gasteiger partial charge < -0.3 is 20.4 Å². The smallest absolute Gasteiger partial charge is 0.124 e. The number of phenols is 4. The van der Waals surface area contributed by atoms with Gasteiger partial charge in [-0.25, -0.2) is 0 Å². The molecule has 0 bridgehead atoms. The van der Waals surface area contributed by atoms with Gasteiger partial charge in [0.1, 0.15) is 23.0 Å². The van der Waals surface area contributed by atoms with E-state index in [1.807, 2.05) is 84.9 Å². The van der Waals surface area contributed by atoms with Gasteiger partial charge in [-0.3, -0.25) is 0 Å². The molecule has 0 heterocycles. The minimum absolute atomic E-state index is 0.172. The van der Waals surface area contributed by atoms with Crippen LogP contribution in [-0.4, -0.2) is 20.4 Å². The lowest BCUT2D eigenvalue weighted by molar-refractivity contribution is 0.470. The maximum absolute atomic E-state index is 10.4. The third kappa shape index (κ3) is 4.85. The van der Waals surface area contributed by atoms with E-state index in [1.165, 1.54) is 22.3 Å². The molecule has 0 saturated heterocycles. The molecular weight excluding hydrogens is 604 g/mol. The first-order valence-electron chi connectivity index (χ1n) is 16.2. The summed E-state index contributed by atoms with van der Waals surface area (Å²) in [6.45, 7) is 0. The summed E-state index contributed by atoms with van der Waals surface area (Å²) in [4.78, 5) is 0. The van der Waals surface area contributed by atoms with Crippen LogP contribution in [0.15, 0.2) is 170 Å². The molecule has 8 aromatic rings. The summed E-state index contributed by atoms with van der Waals surface area (Å²) < 4.78 is 0. The molecule has 1 aliphatic rings. The molecule has 8 aromatic carbocycles. The van der Waals surface area contributed by atoms with Gasteiger partial charge in [0.2, 0.25) is 0 Å². The fourth-order valence-electron chi connectivity index (χ4n) is 7.49. The number of rotatable bonds is 3. The van der Waals surface area contributed by atoms with Crippen LogP contribution in [0, 0.1) is 0 Å². The summed E-state index contributed by atoms with van der Waals surface area (Å²) in [5.41, 5.74) is 7.88. The maximum atomic E-state index is 10.4. The van der Waals surface area contributed by atoms with Crippen LogP contribution < -0.4 is 0 Å². The van der Waals surface area contributed by atoms with Gasteiger partial charge in [-0.2, -0.15) is 0 Å². The standard InChI is InChI=1S/C25H18O2.C20H14O2/c26-19-13-9-17(10-14-19)25(18-11-15-20(27)16-12-18)23-7-3-1-5-21(23)22-6-2-4-8-24(22)25;21-17-11-9-13-5-1-3-7-15(13)19(17)20-16-8-4-2-6-14(16)10-12-18(20)22/h1-16,26-27H;1-12,21-22H. The van der Waals surface area contributed by atoms with Crippen molar-refractivity contribution in [3.05, 3.63) is 192 Å². The van der Waals surface area contributed by atoms with Gasteiger partial charge in [-0.1, -0.05) is 133 Å². The molecule has 0 fully saturated rings. The molecule has 236 valence electrons. The lowest BCUT2D eigenvalue weighted by atomic mass is 9.68. The van der Waals surface area contributed by atoms with Crippen LogP contribution in [-0.2, 0) is 5.41 Å². The van der Waals surface area contributed by atoms with E-state index >= 15 is 0 Å². The van der Waals surface area contributed by atoms with Crippen LogP contribution in [0.25, 0.3) is 43.8 Å². The molecule has 0 amide bonds. The molecule has 0 radical (unpaired) electrons. The number of aromatic hydroxyl groups is 4. The van der Waals surface area contributed by atoms with Crippen LogP contribution in [0.5, 0.6) is 23.0 Å². The molecule has 1 aliphatic carbocycles. The van der Waals surface area contributed by atoms with Gasteiger partial charge in [0.25, 0.3) is 0 Å². The van der Waals surface area contributed by atoms with E-state index < -0.39 is 5.41 Å². The zero-order valence-electron chi connectivity index (χ0n) is 26.5. The topological polar surface area (TPSA) is 80.9 Å². The van der Waals surface area contributed by atoms with E-state index in [1.54, 1.807) is 36.4 Å². The van der Waals surface area contributed by atoms with Crippen molar-refractivity contribution in [3.8, 4) is 45.3 Å². The Bertz CT molecular complexity index is 2300. The summed E-state index contributed by atoms with van der Waals surface area (Å²) >= 11 is 0. The fourth-order valence-corrected chi connectivity index (χ4v) is 7.49. The molecule has 4 heteroatoms. The molecule has 0 aromatic heterocycles. The van der Waals surface area contributed by atoms with E-state index in [9.17, 15) is 20.4 Å². The Kier molecular flexibility index (Phi) is 7.27. The highest BCUT2D eigenvalue weighted by molar-refractivity contribution is 6.09. The first-order valence-corrected chi connectivity index (χ1v) is 16.2. The van der Waals surface area contributed by atoms with Gasteiger partial charge in [0, 0.05) is 11.1 Å². The first kappa shape index (κ1) is 29.9. The lowest BCUT2D eigenvalue weighted by Gasteiger charge is -2.33. The van der Waals surface area contributed by atoms with Crippen molar-refractivity contribution < 1.29 is 20.4 Å². The summed E-state index contributed by atoms with van der Waals surface area (Å²) in [5.74, 6) is 0.842. The fraction of sp³-hybridized carbons (Fsp3) is 0.0222. The predicted molar refractivity (Wildman–Crippen MR) is 197 cm³/mol. The monoisotopic (exact) mass is 636 g/mol. The normalized spacial score (nSPS) is 12.6. The average Bonchev–Trinajstić information content (AvgIpc) is 3.44. The molecular formula is C45H32O4. The highest BCUT2D eigenvalue weighted by Crippen LogP contribution is 2.56. The van der Waals surface area contributed by atoms with Crippen LogP contribution in [0.3, 0.4) is 0 Å². The van der Waals surface area contributed by atoms with E-state index in [4.69, 9.17) is 0 Å². The first-order chi connectivity index (χ1) is 24.0. The third-order valence-corrected chi connectivity index (χ3v) is 9.62. The van der Waals surface area contributed by atoms with Crippen LogP contribution in [0.1, 0.15) is 22.3 Å². The predicted octanol–water partition coefficient (Wildman–Crippen LogP) is 10.5. The van der Waals surface area contributed by atoms with Crippen molar-refractivity contribution in [1.29, 1.82) is 0 Å². The van der Waals surface area contributed by atoms with Gasteiger partial charge in [-0.05, 0) is 91.3 Å². The van der Waals surface area contributed by atoms with Crippen LogP contribution in [0.4, 0.5) is 0 Å². The number of hydrogen-bond donors (Lipinski definition) is 4. The van der Waals surface area contributed by atoms with Crippen molar-refractivity contribution in [1.82, 2.24) is 0 Å². The molecule has 0 aliphatic heterocycles.